The average Bonchev–Trinajstić information content (AvgIpc) is 2.84. The molecular formula is C32H46O3. The number of carbonyl (C=O) groups is 2. The third-order valence-corrected chi connectivity index (χ3v) is 5.05. The highest BCUT2D eigenvalue weighted by Gasteiger charge is 2.23. The molecule has 0 unspecified atom stereocenters. The van der Waals surface area contributed by atoms with Crippen molar-refractivity contribution >= 4 is 11.8 Å². The van der Waals surface area contributed by atoms with Crippen LogP contribution in [0.3, 0.4) is 0 Å². The Labute approximate surface area is 214 Å². The van der Waals surface area contributed by atoms with Crippen LogP contribution in [-0.2, 0) is 9.59 Å². The minimum absolute atomic E-state index is 0.206. The highest BCUT2D eigenvalue weighted by Crippen LogP contribution is 2.11. The first-order valence-corrected chi connectivity index (χ1v) is 13.1. The van der Waals surface area contributed by atoms with Gasteiger partial charge in [0.05, 0.1) is 0 Å². The molecule has 0 fully saturated rings. The highest BCUT2D eigenvalue weighted by molar-refractivity contribution is 5.98. The van der Waals surface area contributed by atoms with Crippen LogP contribution in [0.2, 0.25) is 0 Å². The van der Waals surface area contributed by atoms with E-state index in [1.165, 1.54) is 0 Å². The van der Waals surface area contributed by atoms with Crippen LogP contribution in [0.1, 0.15) is 84.5 Å². The van der Waals surface area contributed by atoms with E-state index in [-0.39, 0.29) is 18.6 Å². The van der Waals surface area contributed by atoms with E-state index in [4.69, 9.17) is 0 Å². The number of allylic oxidation sites excluding steroid dienone is 16. The Morgan fingerprint density at radius 2 is 0.886 bits per heavy atom. The lowest BCUT2D eigenvalue weighted by Gasteiger charge is -2.07. The molecule has 1 atom stereocenters. The molecule has 3 nitrogen and oxygen atoms in total. The van der Waals surface area contributed by atoms with Crippen LogP contribution in [0.5, 0.6) is 0 Å². The number of rotatable bonds is 21. The van der Waals surface area contributed by atoms with Crippen LogP contribution in [-0.4, -0.2) is 16.9 Å². The fraction of sp³-hybridized carbons (Fsp3) is 0.438. The predicted molar refractivity (Wildman–Crippen MR) is 151 cm³/mol. The summed E-state index contributed by atoms with van der Waals surface area (Å²) in [6, 6.07) is 0. The molecule has 0 heterocycles. The van der Waals surface area contributed by atoms with Crippen LogP contribution in [0.4, 0.5) is 0 Å². The SMILES string of the molecule is CC/C=C\C/C=C\C/C=C\C/C=C\CCC(=O)[C@@H](C/C=C\C/C=C\C/C=C\C/C=C\CC)C(=O)O. The Bertz CT molecular complexity index is 773. The minimum Gasteiger partial charge on any atom is -0.481 e. The number of carboxylic acids is 1. The lowest BCUT2D eigenvalue weighted by molar-refractivity contribution is -0.146. The molecule has 0 amide bonds. The summed E-state index contributed by atoms with van der Waals surface area (Å²) in [6.45, 7) is 4.25. The lowest BCUT2D eigenvalue weighted by Crippen LogP contribution is -2.22. The van der Waals surface area contributed by atoms with Crippen LogP contribution in [0, 0.1) is 5.92 Å². The summed E-state index contributed by atoms with van der Waals surface area (Å²) in [6.07, 6.45) is 41.9. The van der Waals surface area contributed by atoms with Crippen molar-refractivity contribution in [2.45, 2.75) is 84.5 Å². The Morgan fingerprint density at radius 1 is 0.543 bits per heavy atom. The van der Waals surface area contributed by atoms with Crippen molar-refractivity contribution in [1.29, 1.82) is 0 Å². The zero-order chi connectivity index (χ0) is 25.8. The first-order valence-electron chi connectivity index (χ1n) is 13.1. The van der Waals surface area contributed by atoms with Gasteiger partial charge in [-0.05, 0) is 64.2 Å². The number of ketones is 1. The normalized spacial score (nSPS) is 14.0. The molecule has 1 N–H and O–H groups in total. The van der Waals surface area contributed by atoms with E-state index < -0.39 is 11.9 Å². The van der Waals surface area contributed by atoms with Crippen molar-refractivity contribution in [2.24, 2.45) is 5.92 Å². The van der Waals surface area contributed by atoms with Gasteiger partial charge in [0, 0.05) is 6.42 Å². The largest absolute Gasteiger partial charge is 0.481 e. The summed E-state index contributed by atoms with van der Waals surface area (Å²) in [5, 5.41) is 9.41. The standard InChI is InChI=1S/C32H46O3/c1-3-5-7-9-11-13-15-17-19-21-23-25-27-29-31(33)30(32(34)35)28-26-24-22-20-18-16-14-12-10-8-6-4-2/h5-8,11-14,17-20,23-26,30H,3-4,9-10,15-16,21-22,27-29H2,1-2H3,(H,34,35)/b7-5-,8-6-,13-11-,14-12-,19-17-,20-18-,25-23-,26-24-/t30-/m1/s1. The molecule has 0 aliphatic carbocycles. The third kappa shape index (κ3) is 22.6. The smallest absolute Gasteiger partial charge is 0.314 e. The Morgan fingerprint density at radius 3 is 1.26 bits per heavy atom. The van der Waals surface area contributed by atoms with Gasteiger partial charge < -0.3 is 5.11 Å². The summed E-state index contributed by atoms with van der Waals surface area (Å²) in [7, 11) is 0. The molecule has 0 rings (SSSR count). The average molecular weight is 479 g/mol. The maximum atomic E-state index is 12.3. The second-order valence-electron chi connectivity index (χ2n) is 8.13. The lowest BCUT2D eigenvalue weighted by atomic mass is 9.96. The number of hydrogen-bond acceptors (Lipinski definition) is 2. The van der Waals surface area contributed by atoms with Gasteiger partial charge in [0.1, 0.15) is 11.7 Å². The van der Waals surface area contributed by atoms with Crippen LogP contribution in [0.25, 0.3) is 0 Å². The van der Waals surface area contributed by atoms with Crippen molar-refractivity contribution in [3.63, 3.8) is 0 Å². The number of Topliss-reactive ketones (excluding diaryl/α,β-unsaturated/α-hetero) is 1. The second kappa shape index (κ2) is 25.7. The molecule has 0 saturated carbocycles. The number of aliphatic carboxylic acids is 1. The molecule has 0 aliphatic heterocycles. The maximum Gasteiger partial charge on any atom is 0.314 e. The van der Waals surface area contributed by atoms with E-state index in [0.717, 1.165) is 51.4 Å². The van der Waals surface area contributed by atoms with Crippen molar-refractivity contribution < 1.29 is 14.7 Å². The Hall–Kier alpha value is -2.94. The summed E-state index contributed by atoms with van der Waals surface area (Å²) in [5.41, 5.74) is 0. The van der Waals surface area contributed by atoms with Crippen LogP contribution >= 0.6 is 0 Å². The molecule has 0 saturated heterocycles. The van der Waals surface area contributed by atoms with Gasteiger partial charge >= 0.3 is 5.97 Å². The molecule has 0 aromatic rings. The molecule has 0 spiro atoms. The third-order valence-electron chi connectivity index (χ3n) is 5.05. The highest BCUT2D eigenvalue weighted by atomic mass is 16.4. The number of carbonyl (C=O) groups excluding carboxylic acids is 1. The van der Waals surface area contributed by atoms with E-state index in [0.29, 0.717) is 6.42 Å². The van der Waals surface area contributed by atoms with E-state index in [1.54, 1.807) is 0 Å². The van der Waals surface area contributed by atoms with Crippen molar-refractivity contribution in [2.75, 3.05) is 0 Å². The van der Waals surface area contributed by atoms with Crippen molar-refractivity contribution in [3.8, 4) is 0 Å². The molecule has 0 radical (unpaired) electrons. The van der Waals surface area contributed by atoms with Gasteiger partial charge in [0.25, 0.3) is 0 Å². The zero-order valence-electron chi connectivity index (χ0n) is 21.9. The summed E-state index contributed by atoms with van der Waals surface area (Å²) in [4.78, 5) is 23.8. The Balaban J connectivity index is 4.08. The molecule has 0 aliphatic rings. The quantitative estimate of drug-likeness (QED) is 0.132. The predicted octanol–water partition coefficient (Wildman–Crippen LogP) is 9.04. The van der Waals surface area contributed by atoms with Gasteiger partial charge in [-0.2, -0.15) is 0 Å². The van der Waals surface area contributed by atoms with Gasteiger partial charge in [-0.1, -0.05) is 111 Å². The van der Waals surface area contributed by atoms with Crippen molar-refractivity contribution in [1.82, 2.24) is 0 Å². The Kier molecular flexibility index (Phi) is 23.5. The topological polar surface area (TPSA) is 54.4 Å². The fourth-order valence-electron chi connectivity index (χ4n) is 3.08. The maximum absolute atomic E-state index is 12.3. The van der Waals surface area contributed by atoms with Gasteiger partial charge in [-0.3, -0.25) is 9.59 Å². The van der Waals surface area contributed by atoms with E-state index in [9.17, 15) is 14.7 Å². The van der Waals surface area contributed by atoms with Gasteiger partial charge in [-0.25, -0.2) is 0 Å². The molecular weight excluding hydrogens is 432 g/mol. The molecule has 0 aromatic heterocycles. The summed E-state index contributed by atoms with van der Waals surface area (Å²) >= 11 is 0. The van der Waals surface area contributed by atoms with Gasteiger partial charge in [-0.15, -0.1) is 0 Å². The molecule has 35 heavy (non-hydrogen) atoms. The summed E-state index contributed by atoms with van der Waals surface area (Å²) < 4.78 is 0. The van der Waals surface area contributed by atoms with E-state index >= 15 is 0 Å². The summed E-state index contributed by atoms with van der Waals surface area (Å²) in [5.74, 6) is -2.20. The fourth-order valence-corrected chi connectivity index (χ4v) is 3.08. The van der Waals surface area contributed by atoms with Gasteiger partial charge in [0.15, 0.2) is 0 Å². The monoisotopic (exact) mass is 478 g/mol. The second-order valence-corrected chi connectivity index (χ2v) is 8.13. The first-order chi connectivity index (χ1) is 17.1. The van der Waals surface area contributed by atoms with E-state index in [1.807, 2.05) is 24.3 Å². The molecule has 0 bridgehead atoms. The minimum atomic E-state index is -1.04. The number of carboxylic acid groups (broad SMARTS) is 1. The molecule has 0 aromatic carbocycles. The molecule has 3 heteroatoms. The van der Waals surface area contributed by atoms with Gasteiger partial charge in [0.2, 0.25) is 0 Å². The number of hydrogen-bond donors (Lipinski definition) is 1. The van der Waals surface area contributed by atoms with Crippen LogP contribution < -0.4 is 0 Å². The van der Waals surface area contributed by atoms with Crippen LogP contribution in [0.15, 0.2) is 97.2 Å². The van der Waals surface area contributed by atoms with Crippen molar-refractivity contribution in [3.05, 3.63) is 97.2 Å². The van der Waals surface area contributed by atoms with E-state index in [2.05, 4.69) is 86.8 Å². The zero-order valence-corrected chi connectivity index (χ0v) is 21.9. The molecule has 192 valence electrons. The first kappa shape index (κ1) is 32.1.